The fourth-order valence-corrected chi connectivity index (χ4v) is 2.91. The number of anilines is 1. The third-order valence-electron chi connectivity index (χ3n) is 4.23. The van der Waals surface area contributed by atoms with E-state index in [0.29, 0.717) is 22.7 Å². The van der Waals surface area contributed by atoms with Gasteiger partial charge in [0.1, 0.15) is 30.4 Å². The van der Waals surface area contributed by atoms with Gasteiger partial charge in [-0.05, 0) is 6.07 Å². The maximum atomic E-state index is 10.2. The number of aliphatic hydroxyl groups is 3. The SMILES string of the molecule is OC[C@H]1O[C@@H](n2cnc3c(NCc4ccc(O)o4)ncnc32)[C@@H](O)[C@@H]1O. The largest absolute Gasteiger partial charge is 0.481 e. The van der Waals surface area contributed by atoms with Gasteiger partial charge in [-0.1, -0.05) is 0 Å². The molecular formula is C15H17N5O6. The number of hydrogen-bond donors (Lipinski definition) is 5. The molecule has 26 heavy (non-hydrogen) atoms. The number of ether oxygens (including phenoxy) is 1. The molecule has 5 N–H and O–H groups in total. The standard InChI is InChI=1S/C15H17N5O6/c21-4-8-11(23)12(24)15(26-8)20-6-19-10-13(17-5-18-14(10)20)16-3-7-1-2-9(22)25-7/h1-2,5-6,8,11-12,15,21-24H,3-4H2,(H,16,17,18)/t8-,11-,12+,15-/m1/s1. The van der Waals surface area contributed by atoms with Crippen molar-refractivity contribution >= 4 is 17.0 Å². The molecule has 3 aromatic rings. The molecule has 0 saturated carbocycles. The predicted octanol–water partition coefficient (Wildman–Crippen LogP) is -0.652. The second-order valence-corrected chi connectivity index (χ2v) is 5.87. The van der Waals surface area contributed by atoms with Crippen LogP contribution in [0.25, 0.3) is 11.2 Å². The van der Waals surface area contributed by atoms with Crippen molar-refractivity contribution in [2.24, 2.45) is 0 Å². The van der Waals surface area contributed by atoms with Gasteiger partial charge in [0.25, 0.3) is 5.95 Å². The number of rotatable bonds is 5. The van der Waals surface area contributed by atoms with Crippen LogP contribution in [0.5, 0.6) is 5.95 Å². The van der Waals surface area contributed by atoms with Gasteiger partial charge in [-0.15, -0.1) is 0 Å². The van der Waals surface area contributed by atoms with Crippen LogP contribution in [0, 0.1) is 0 Å². The molecule has 1 fully saturated rings. The summed E-state index contributed by atoms with van der Waals surface area (Å²) in [5.41, 5.74) is 0.820. The summed E-state index contributed by atoms with van der Waals surface area (Å²) in [6.45, 7) is -0.146. The Balaban J connectivity index is 1.61. The van der Waals surface area contributed by atoms with Crippen LogP contribution in [-0.4, -0.2) is 64.9 Å². The molecule has 0 unspecified atom stereocenters. The molecule has 4 rings (SSSR count). The monoisotopic (exact) mass is 363 g/mol. The first-order valence-electron chi connectivity index (χ1n) is 7.90. The summed E-state index contributed by atoms with van der Waals surface area (Å²) in [5.74, 6) is 0.761. The number of furan rings is 1. The Bertz CT molecular complexity index is 911. The molecule has 11 nitrogen and oxygen atoms in total. The molecule has 0 bridgehead atoms. The van der Waals surface area contributed by atoms with E-state index in [1.807, 2.05) is 0 Å². The van der Waals surface area contributed by atoms with Crippen LogP contribution in [0.1, 0.15) is 12.0 Å². The van der Waals surface area contributed by atoms with Crippen molar-refractivity contribution in [1.82, 2.24) is 19.5 Å². The normalized spacial score (nSPS) is 25.8. The minimum Gasteiger partial charge on any atom is -0.481 e. The summed E-state index contributed by atoms with van der Waals surface area (Å²) >= 11 is 0. The van der Waals surface area contributed by atoms with Crippen LogP contribution in [0.3, 0.4) is 0 Å². The van der Waals surface area contributed by atoms with Crippen molar-refractivity contribution in [1.29, 1.82) is 0 Å². The average molecular weight is 363 g/mol. The first-order chi connectivity index (χ1) is 12.6. The van der Waals surface area contributed by atoms with Gasteiger partial charge in [0.15, 0.2) is 23.2 Å². The number of fused-ring (bicyclic) bond motifs is 1. The summed E-state index contributed by atoms with van der Waals surface area (Å²) in [4.78, 5) is 12.6. The Morgan fingerprint density at radius 2 is 2.00 bits per heavy atom. The van der Waals surface area contributed by atoms with Crippen LogP contribution in [-0.2, 0) is 11.3 Å². The Hall–Kier alpha value is -2.73. The quantitative estimate of drug-likeness (QED) is 0.394. The van der Waals surface area contributed by atoms with Crippen molar-refractivity contribution in [2.75, 3.05) is 11.9 Å². The van der Waals surface area contributed by atoms with E-state index in [2.05, 4.69) is 20.3 Å². The molecular weight excluding hydrogens is 346 g/mol. The summed E-state index contributed by atoms with van der Waals surface area (Å²) in [7, 11) is 0. The zero-order valence-electron chi connectivity index (χ0n) is 13.4. The van der Waals surface area contributed by atoms with Crippen molar-refractivity contribution in [2.45, 2.75) is 31.1 Å². The minimum atomic E-state index is -1.23. The van der Waals surface area contributed by atoms with Gasteiger partial charge in [-0.3, -0.25) is 4.57 Å². The molecule has 3 aromatic heterocycles. The second kappa shape index (κ2) is 6.53. The molecule has 0 amide bonds. The molecule has 0 spiro atoms. The fraction of sp³-hybridized carbons (Fsp3) is 0.400. The Morgan fingerprint density at radius 1 is 1.15 bits per heavy atom. The van der Waals surface area contributed by atoms with Crippen LogP contribution in [0.15, 0.2) is 29.2 Å². The van der Waals surface area contributed by atoms with E-state index in [1.54, 1.807) is 6.07 Å². The Morgan fingerprint density at radius 3 is 2.69 bits per heavy atom. The van der Waals surface area contributed by atoms with Gasteiger partial charge in [-0.25, -0.2) is 15.0 Å². The lowest BCUT2D eigenvalue weighted by Crippen LogP contribution is -2.33. The molecule has 1 aliphatic heterocycles. The number of aliphatic hydroxyl groups excluding tert-OH is 3. The number of aromatic nitrogens is 4. The highest BCUT2D eigenvalue weighted by molar-refractivity contribution is 5.82. The molecule has 0 aliphatic carbocycles. The van der Waals surface area contributed by atoms with Gasteiger partial charge < -0.3 is 34.9 Å². The number of aromatic hydroxyl groups is 1. The lowest BCUT2D eigenvalue weighted by atomic mass is 10.1. The molecule has 4 heterocycles. The van der Waals surface area contributed by atoms with Crippen molar-refractivity contribution in [3.05, 3.63) is 30.5 Å². The third-order valence-corrected chi connectivity index (χ3v) is 4.23. The molecule has 1 saturated heterocycles. The smallest absolute Gasteiger partial charge is 0.282 e. The average Bonchev–Trinajstić information content (AvgIpc) is 3.32. The molecule has 1 aliphatic rings. The van der Waals surface area contributed by atoms with E-state index in [9.17, 15) is 20.4 Å². The zero-order valence-corrected chi connectivity index (χ0v) is 13.4. The first-order valence-corrected chi connectivity index (χ1v) is 7.90. The zero-order chi connectivity index (χ0) is 18.3. The Kier molecular flexibility index (Phi) is 4.20. The lowest BCUT2D eigenvalue weighted by Gasteiger charge is -2.16. The van der Waals surface area contributed by atoms with Crippen LogP contribution in [0.2, 0.25) is 0 Å². The van der Waals surface area contributed by atoms with Crippen LogP contribution in [0.4, 0.5) is 5.82 Å². The fourth-order valence-electron chi connectivity index (χ4n) is 2.91. The summed E-state index contributed by atoms with van der Waals surface area (Å²) in [6, 6.07) is 3.06. The van der Waals surface area contributed by atoms with E-state index in [0.717, 1.165) is 0 Å². The highest BCUT2D eigenvalue weighted by Crippen LogP contribution is 2.32. The van der Waals surface area contributed by atoms with E-state index in [1.165, 1.54) is 23.3 Å². The number of hydrogen-bond acceptors (Lipinski definition) is 10. The highest BCUT2D eigenvalue weighted by atomic mass is 16.6. The van der Waals surface area contributed by atoms with E-state index >= 15 is 0 Å². The molecule has 4 atom stereocenters. The van der Waals surface area contributed by atoms with Gasteiger partial charge in [-0.2, -0.15) is 0 Å². The molecule has 0 radical (unpaired) electrons. The maximum absolute atomic E-state index is 10.2. The van der Waals surface area contributed by atoms with E-state index in [4.69, 9.17) is 9.15 Å². The first kappa shape index (κ1) is 16.7. The van der Waals surface area contributed by atoms with E-state index in [-0.39, 0.29) is 12.5 Å². The second-order valence-electron chi connectivity index (χ2n) is 5.87. The minimum absolute atomic E-state index is 0.178. The van der Waals surface area contributed by atoms with Crippen LogP contribution < -0.4 is 5.32 Å². The molecule has 138 valence electrons. The molecule has 11 heteroatoms. The number of nitrogens with zero attached hydrogens (tertiary/aromatic N) is 4. The number of imidazole rings is 1. The highest BCUT2D eigenvalue weighted by Gasteiger charge is 2.44. The summed E-state index contributed by atoms with van der Waals surface area (Å²) in [6.07, 6.45) is -1.53. The van der Waals surface area contributed by atoms with Gasteiger partial charge in [0, 0.05) is 6.07 Å². The van der Waals surface area contributed by atoms with Gasteiger partial charge in [0.2, 0.25) is 0 Å². The van der Waals surface area contributed by atoms with Gasteiger partial charge in [0.05, 0.1) is 19.5 Å². The predicted molar refractivity (Wildman–Crippen MR) is 86.0 cm³/mol. The molecule has 0 aromatic carbocycles. The van der Waals surface area contributed by atoms with Crippen molar-refractivity contribution in [3.8, 4) is 5.95 Å². The third kappa shape index (κ3) is 2.76. The maximum Gasteiger partial charge on any atom is 0.282 e. The van der Waals surface area contributed by atoms with Crippen molar-refractivity contribution in [3.63, 3.8) is 0 Å². The number of nitrogens with one attached hydrogen (secondary N) is 1. The Labute approximate surface area is 146 Å². The lowest BCUT2D eigenvalue weighted by molar-refractivity contribution is -0.0511. The van der Waals surface area contributed by atoms with Gasteiger partial charge >= 0.3 is 0 Å². The van der Waals surface area contributed by atoms with Crippen molar-refractivity contribution < 1.29 is 29.6 Å². The summed E-state index contributed by atoms with van der Waals surface area (Å²) in [5, 5.41) is 41.6. The van der Waals surface area contributed by atoms with Crippen LogP contribution >= 0.6 is 0 Å². The summed E-state index contributed by atoms with van der Waals surface area (Å²) < 4.78 is 12.1. The van der Waals surface area contributed by atoms with E-state index < -0.39 is 31.1 Å². The topological polar surface area (TPSA) is 159 Å².